The Morgan fingerprint density at radius 2 is 1.90 bits per heavy atom. The fraction of sp³-hybridized carbons (Fsp3) is 0.333. The molecule has 1 fully saturated rings. The van der Waals surface area contributed by atoms with Gasteiger partial charge in [0.25, 0.3) is 0 Å². The highest BCUT2D eigenvalue weighted by molar-refractivity contribution is 7.89. The van der Waals surface area contributed by atoms with E-state index in [2.05, 4.69) is 0 Å². The van der Waals surface area contributed by atoms with Crippen LogP contribution in [0.4, 0.5) is 0 Å². The molecule has 0 bridgehead atoms. The summed E-state index contributed by atoms with van der Waals surface area (Å²) in [5.74, 6) is 0.397. The molecular formula is C21H23N3O5S2. The van der Waals surface area contributed by atoms with Crippen molar-refractivity contribution >= 4 is 43.6 Å². The lowest BCUT2D eigenvalue weighted by Gasteiger charge is -2.33. The number of sulfonamides is 1. The van der Waals surface area contributed by atoms with Gasteiger partial charge in [-0.05, 0) is 50.3 Å². The van der Waals surface area contributed by atoms with Gasteiger partial charge in [0, 0.05) is 38.3 Å². The molecule has 1 aliphatic rings. The zero-order chi connectivity index (χ0) is 22.2. The van der Waals surface area contributed by atoms with Crippen LogP contribution in [0.3, 0.4) is 0 Å². The average molecular weight is 462 g/mol. The second-order valence-corrected chi connectivity index (χ2v) is 10.5. The molecule has 0 atom stereocenters. The third-order valence-electron chi connectivity index (χ3n) is 5.22. The van der Waals surface area contributed by atoms with Gasteiger partial charge in [0.15, 0.2) is 0 Å². The summed E-state index contributed by atoms with van der Waals surface area (Å²) >= 11 is 1.05. The maximum absolute atomic E-state index is 13.1. The molecule has 3 aromatic rings. The van der Waals surface area contributed by atoms with Gasteiger partial charge in [0.05, 0.1) is 21.4 Å². The number of hydrogen-bond acceptors (Lipinski definition) is 6. The highest BCUT2D eigenvalue weighted by Crippen LogP contribution is 2.26. The van der Waals surface area contributed by atoms with Crippen molar-refractivity contribution in [3.05, 3.63) is 58.1 Å². The number of thiazole rings is 1. The minimum atomic E-state index is -3.72. The third kappa shape index (κ3) is 4.23. The molecule has 1 aromatic carbocycles. The predicted octanol–water partition coefficient (Wildman–Crippen LogP) is 2.78. The van der Waals surface area contributed by atoms with Gasteiger partial charge in [-0.3, -0.25) is 14.2 Å². The Bertz CT molecular complexity index is 1280. The van der Waals surface area contributed by atoms with Gasteiger partial charge < -0.3 is 9.32 Å². The first-order valence-electron chi connectivity index (χ1n) is 9.93. The van der Waals surface area contributed by atoms with Gasteiger partial charge in [-0.15, -0.1) is 0 Å². The molecule has 8 nitrogen and oxygen atoms in total. The van der Waals surface area contributed by atoms with Crippen LogP contribution in [0.2, 0.25) is 0 Å². The van der Waals surface area contributed by atoms with E-state index in [4.69, 9.17) is 4.42 Å². The van der Waals surface area contributed by atoms with E-state index in [-0.39, 0.29) is 34.8 Å². The van der Waals surface area contributed by atoms with E-state index < -0.39 is 10.0 Å². The molecule has 0 unspecified atom stereocenters. The topological polar surface area (TPSA) is 92.8 Å². The Balaban J connectivity index is 1.48. The van der Waals surface area contributed by atoms with Crippen LogP contribution in [0, 0.1) is 0 Å². The fourth-order valence-corrected chi connectivity index (χ4v) is 6.19. The summed E-state index contributed by atoms with van der Waals surface area (Å²) in [5, 5.41) is 0. The maximum atomic E-state index is 13.1. The van der Waals surface area contributed by atoms with E-state index in [1.54, 1.807) is 45.9 Å². The monoisotopic (exact) mass is 461 g/mol. The van der Waals surface area contributed by atoms with Crippen molar-refractivity contribution in [3.8, 4) is 0 Å². The van der Waals surface area contributed by atoms with Gasteiger partial charge in [-0.2, -0.15) is 4.31 Å². The van der Waals surface area contributed by atoms with Crippen molar-refractivity contribution < 1.29 is 17.6 Å². The Morgan fingerprint density at radius 3 is 2.55 bits per heavy atom. The van der Waals surface area contributed by atoms with E-state index >= 15 is 0 Å². The van der Waals surface area contributed by atoms with Crippen molar-refractivity contribution in [3.63, 3.8) is 0 Å². The summed E-state index contributed by atoms with van der Waals surface area (Å²) < 4.78 is 35.1. The summed E-state index contributed by atoms with van der Waals surface area (Å²) in [6, 6.07) is 8.29. The van der Waals surface area contributed by atoms with Crippen LogP contribution in [0.15, 0.2) is 56.8 Å². The van der Waals surface area contributed by atoms with E-state index in [0.29, 0.717) is 23.5 Å². The minimum Gasteiger partial charge on any atom is -0.465 e. The number of fused-ring (bicyclic) bond motifs is 1. The highest BCUT2D eigenvalue weighted by Gasteiger charge is 2.30. The van der Waals surface area contributed by atoms with E-state index in [1.165, 1.54) is 16.6 Å². The number of amides is 1. The molecule has 1 aliphatic heterocycles. The molecule has 0 N–H and O–H groups in total. The SMILES string of the molecule is CC(C)n1c(=O)sc2cc(S(=O)(=O)N3CCN(C(=O)C=Cc4ccco4)CC3)ccc21. The summed E-state index contributed by atoms with van der Waals surface area (Å²) in [5.41, 5.74) is 0.739. The lowest BCUT2D eigenvalue weighted by atomic mass is 10.3. The van der Waals surface area contributed by atoms with Gasteiger partial charge >= 0.3 is 4.87 Å². The molecule has 0 saturated carbocycles. The molecule has 4 rings (SSSR count). The molecule has 164 valence electrons. The van der Waals surface area contributed by atoms with Crippen molar-refractivity contribution in [1.29, 1.82) is 0 Å². The van der Waals surface area contributed by atoms with Crippen molar-refractivity contribution in [1.82, 2.24) is 13.8 Å². The zero-order valence-electron chi connectivity index (χ0n) is 17.2. The number of nitrogens with zero attached hydrogens (tertiary/aromatic N) is 3. The Hall–Kier alpha value is -2.69. The van der Waals surface area contributed by atoms with Crippen LogP contribution in [0.1, 0.15) is 25.6 Å². The molecule has 0 radical (unpaired) electrons. The van der Waals surface area contributed by atoms with E-state index in [0.717, 1.165) is 16.9 Å². The molecule has 2 aromatic heterocycles. The number of rotatable bonds is 5. The van der Waals surface area contributed by atoms with Crippen molar-refractivity contribution in [2.45, 2.75) is 24.8 Å². The van der Waals surface area contributed by atoms with Crippen LogP contribution in [0.25, 0.3) is 16.3 Å². The first kappa shape index (κ1) is 21.5. The number of carbonyl (C=O) groups excluding carboxylic acids is 1. The first-order chi connectivity index (χ1) is 14.8. The second kappa shape index (κ2) is 8.45. The van der Waals surface area contributed by atoms with Gasteiger partial charge in [-0.25, -0.2) is 8.42 Å². The van der Waals surface area contributed by atoms with Crippen LogP contribution < -0.4 is 4.87 Å². The molecular weight excluding hydrogens is 438 g/mol. The number of aromatic nitrogens is 1. The van der Waals surface area contributed by atoms with Crippen molar-refractivity contribution in [2.75, 3.05) is 26.2 Å². The van der Waals surface area contributed by atoms with Gasteiger partial charge in [0.2, 0.25) is 15.9 Å². The quantitative estimate of drug-likeness (QED) is 0.545. The smallest absolute Gasteiger partial charge is 0.308 e. The molecule has 0 aliphatic carbocycles. The Labute approximate surface area is 184 Å². The Kier molecular flexibility index (Phi) is 5.87. The predicted molar refractivity (Wildman–Crippen MR) is 120 cm³/mol. The summed E-state index contributed by atoms with van der Waals surface area (Å²) in [7, 11) is -3.72. The van der Waals surface area contributed by atoms with Crippen LogP contribution in [0.5, 0.6) is 0 Å². The van der Waals surface area contributed by atoms with Gasteiger partial charge in [-0.1, -0.05) is 11.3 Å². The van der Waals surface area contributed by atoms with Crippen LogP contribution >= 0.6 is 11.3 Å². The van der Waals surface area contributed by atoms with Crippen LogP contribution in [-0.2, 0) is 14.8 Å². The number of carbonyl (C=O) groups is 1. The summed E-state index contributed by atoms with van der Waals surface area (Å²) in [6.45, 7) is 4.87. The second-order valence-electron chi connectivity index (χ2n) is 7.54. The first-order valence-corrected chi connectivity index (χ1v) is 12.2. The zero-order valence-corrected chi connectivity index (χ0v) is 18.9. The van der Waals surface area contributed by atoms with E-state index in [1.807, 2.05) is 13.8 Å². The largest absolute Gasteiger partial charge is 0.465 e. The standard InChI is InChI=1S/C21H23N3O5S2/c1-15(2)24-18-7-6-17(14-19(18)30-21(24)26)31(27,28)23-11-9-22(10-12-23)20(25)8-5-16-4-3-13-29-16/h3-8,13-15H,9-12H2,1-2H3. The highest BCUT2D eigenvalue weighted by atomic mass is 32.2. The lowest BCUT2D eigenvalue weighted by molar-refractivity contribution is -0.127. The number of benzene rings is 1. The molecule has 1 saturated heterocycles. The van der Waals surface area contributed by atoms with Crippen molar-refractivity contribution in [2.24, 2.45) is 0 Å². The normalized spacial score (nSPS) is 16.0. The average Bonchev–Trinajstić information content (AvgIpc) is 3.38. The number of furan rings is 1. The molecule has 10 heteroatoms. The molecule has 3 heterocycles. The summed E-state index contributed by atoms with van der Waals surface area (Å²) in [4.78, 5) is 26.3. The van der Waals surface area contributed by atoms with Crippen LogP contribution in [-0.4, -0.2) is 54.3 Å². The van der Waals surface area contributed by atoms with Gasteiger partial charge in [0.1, 0.15) is 5.76 Å². The lowest BCUT2D eigenvalue weighted by Crippen LogP contribution is -2.50. The molecule has 0 spiro atoms. The Morgan fingerprint density at radius 1 is 1.16 bits per heavy atom. The third-order valence-corrected chi connectivity index (χ3v) is 8.04. The number of hydrogen-bond donors (Lipinski definition) is 0. The maximum Gasteiger partial charge on any atom is 0.308 e. The fourth-order valence-electron chi connectivity index (χ4n) is 3.61. The summed E-state index contributed by atoms with van der Waals surface area (Å²) in [6.07, 6.45) is 4.55. The molecule has 31 heavy (non-hydrogen) atoms. The molecule has 1 amide bonds. The number of piperazine rings is 1. The minimum absolute atomic E-state index is 0.00356. The van der Waals surface area contributed by atoms with E-state index in [9.17, 15) is 18.0 Å².